The number of carbonyl (C=O) groups excluding carboxylic acids is 2. The van der Waals surface area contributed by atoms with E-state index in [1.54, 1.807) is 6.20 Å². The van der Waals surface area contributed by atoms with Crippen LogP contribution in [-0.4, -0.2) is 41.0 Å². The number of halogens is 2. The summed E-state index contributed by atoms with van der Waals surface area (Å²) in [7, 11) is 1.28. The molecule has 0 fully saturated rings. The van der Waals surface area contributed by atoms with E-state index in [1.165, 1.54) is 13.4 Å². The number of nitrogens with one attached hydrogen (secondary N) is 2. The van der Waals surface area contributed by atoms with Crippen LogP contribution in [0.2, 0.25) is 0 Å². The summed E-state index contributed by atoms with van der Waals surface area (Å²) in [6.07, 6.45) is 4.22. The van der Waals surface area contributed by atoms with Gasteiger partial charge in [0.1, 0.15) is 6.04 Å². The van der Waals surface area contributed by atoms with E-state index in [4.69, 9.17) is 10.5 Å². The number of hydrogen-bond acceptors (Lipinski definition) is 5. The number of ether oxygens (including phenoxy) is 1. The number of methoxy groups -OCH3 is 1. The summed E-state index contributed by atoms with van der Waals surface area (Å²) >= 11 is 0. The van der Waals surface area contributed by atoms with Crippen LogP contribution < -0.4 is 11.1 Å². The second-order valence-electron chi connectivity index (χ2n) is 4.76. The molecule has 0 saturated carbocycles. The molecule has 0 saturated heterocycles. The largest absolute Gasteiger partial charge is 0.467 e. The predicted octanol–water partition coefficient (Wildman–Crippen LogP) is 0.827. The van der Waals surface area contributed by atoms with Crippen molar-refractivity contribution in [1.82, 2.24) is 15.3 Å². The molecule has 0 spiro atoms. The Labute approximate surface area is 142 Å². The number of nitrogens with zero attached hydrogens (tertiary/aromatic N) is 1. The minimum Gasteiger partial charge on any atom is -0.467 e. The molecular formula is C13H24Cl2N4O3. The molecule has 1 aromatic rings. The Morgan fingerprint density at radius 3 is 2.55 bits per heavy atom. The molecule has 0 aliphatic heterocycles. The minimum absolute atomic E-state index is 0. The fourth-order valence-corrected chi connectivity index (χ4v) is 1.73. The lowest BCUT2D eigenvalue weighted by Crippen LogP contribution is -2.51. The van der Waals surface area contributed by atoms with Crippen LogP contribution in [0.3, 0.4) is 0 Å². The van der Waals surface area contributed by atoms with Gasteiger partial charge in [0.25, 0.3) is 0 Å². The number of aromatic nitrogens is 2. The predicted molar refractivity (Wildman–Crippen MR) is 88.2 cm³/mol. The second-order valence-corrected chi connectivity index (χ2v) is 4.76. The first-order chi connectivity index (χ1) is 9.49. The minimum atomic E-state index is -0.786. The van der Waals surface area contributed by atoms with Crippen LogP contribution in [0.1, 0.15) is 26.0 Å². The fourth-order valence-electron chi connectivity index (χ4n) is 1.73. The van der Waals surface area contributed by atoms with Gasteiger partial charge in [-0.25, -0.2) is 9.78 Å². The van der Waals surface area contributed by atoms with Gasteiger partial charge in [-0.1, -0.05) is 20.3 Å². The molecule has 1 amide bonds. The van der Waals surface area contributed by atoms with E-state index >= 15 is 0 Å². The van der Waals surface area contributed by atoms with Gasteiger partial charge in [0.2, 0.25) is 5.91 Å². The number of rotatable bonds is 7. The highest BCUT2D eigenvalue weighted by Crippen LogP contribution is 2.07. The van der Waals surface area contributed by atoms with Gasteiger partial charge < -0.3 is 20.8 Å². The molecule has 0 aliphatic rings. The summed E-state index contributed by atoms with van der Waals surface area (Å²) in [6, 6.07) is -1.43. The van der Waals surface area contributed by atoms with Gasteiger partial charge >= 0.3 is 5.97 Å². The zero-order valence-corrected chi connectivity index (χ0v) is 14.5. The van der Waals surface area contributed by atoms with Gasteiger partial charge in [-0.15, -0.1) is 24.8 Å². The average molecular weight is 355 g/mol. The van der Waals surface area contributed by atoms with E-state index in [0.717, 1.165) is 6.42 Å². The van der Waals surface area contributed by atoms with Crippen LogP contribution in [0.5, 0.6) is 0 Å². The first kappa shape index (κ1) is 23.0. The molecule has 1 aromatic heterocycles. The lowest BCUT2D eigenvalue weighted by atomic mass is 9.99. The summed E-state index contributed by atoms with van der Waals surface area (Å²) in [6.45, 7) is 3.85. The highest BCUT2D eigenvalue weighted by atomic mass is 35.5. The fraction of sp³-hybridized carbons (Fsp3) is 0.615. The van der Waals surface area contributed by atoms with Gasteiger partial charge in [-0.3, -0.25) is 4.79 Å². The maximum absolute atomic E-state index is 12.0. The van der Waals surface area contributed by atoms with Crippen LogP contribution in [0.4, 0.5) is 0 Å². The number of amides is 1. The number of esters is 1. The van der Waals surface area contributed by atoms with Gasteiger partial charge in [-0.2, -0.15) is 0 Å². The van der Waals surface area contributed by atoms with Crippen molar-refractivity contribution in [3.63, 3.8) is 0 Å². The molecule has 1 rings (SSSR count). The maximum atomic E-state index is 12.0. The molecule has 0 bridgehead atoms. The van der Waals surface area contributed by atoms with Crippen molar-refractivity contribution in [3.8, 4) is 0 Å². The SMILES string of the molecule is CCC(C)[C@H](N)C(=O)N[C@@H](Cc1c[nH]cn1)C(=O)OC.Cl.Cl. The summed E-state index contributed by atoms with van der Waals surface area (Å²) in [5.41, 5.74) is 6.51. The molecule has 128 valence electrons. The van der Waals surface area contributed by atoms with Crippen molar-refractivity contribution >= 4 is 36.7 Å². The normalized spacial score (nSPS) is 13.8. The molecule has 0 radical (unpaired) electrons. The number of aromatic amines is 1. The Kier molecular flexibility index (Phi) is 11.8. The average Bonchev–Trinajstić information content (AvgIpc) is 2.96. The molecule has 9 heteroatoms. The van der Waals surface area contributed by atoms with Crippen LogP contribution in [-0.2, 0) is 20.7 Å². The van der Waals surface area contributed by atoms with E-state index < -0.39 is 18.1 Å². The van der Waals surface area contributed by atoms with Crippen LogP contribution in [0.25, 0.3) is 0 Å². The van der Waals surface area contributed by atoms with Crippen molar-refractivity contribution in [1.29, 1.82) is 0 Å². The first-order valence-corrected chi connectivity index (χ1v) is 6.61. The summed E-state index contributed by atoms with van der Waals surface area (Å²) in [5, 5.41) is 2.63. The Morgan fingerprint density at radius 2 is 2.09 bits per heavy atom. The van der Waals surface area contributed by atoms with Gasteiger partial charge in [0.15, 0.2) is 0 Å². The Bertz CT molecular complexity index is 443. The molecule has 1 heterocycles. The highest BCUT2D eigenvalue weighted by molar-refractivity contribution is 5.87. The first-order valence-electron chi connectivity index (χ1n) is 6.61. The lowest BCUT2D eigenvalue weighted by molar-refractivity contribution is -0.145. The van der Waals surface area contributed by atoms with E-state index in [2.05, 4.69) is 15.3 Å². The maximum Gasteiger partial charge on any atom is 0.328 e. The number of hydrogen-bond donors (Lipinski definition) is 3. The molecule has 1 unspecified atom stereocenters. The zero-order chi connectivity index (χ0) is 15.1. The number of imidazole rings is 1. The van der Waals surface area contributed by atoms with E-state index in [1.807, 2.05) is 13.8 Å². The van der Waals surface area contributed by atoms with E-state index in [9.17, 15) is 9.59 Å². The van der Waals surface area contributed by atoms with Crippen molar-refractivity contribution in [2.24, 2.45) is 11.7 Å². The number of carbonyl (C=O) groups is 2. The van der Waals surface area contributed by atoms with Crippen molar-refractivity contribution in [2.75, 3.05) is 7.11 Å². The highest BCUT2D eigenvalue weighted by Gasteiger charge is 2.27. The molecule has 7 nitrogen and oxygen atoms in total. The van der Waals surface area contributed by atoms with Gasteiger partial charge in [-0.05, 0) is 5.92 Å². The summed E-state index contributed by atoms with van der Waals surface area (Å²) in [4.78, 5) is 30.6. The van der Waals surface area contributed by atoms with Crippen LogP contribution >= 0.6 is 24.8 Å². The van der Waals surface area contributed by atoms with Crippen LogP contribution in [0.15, 0.2) is 12.5 Å². The molecular weight excluding hydrogens is 331 g/mol. The molecule has 0 aromatic carbocycles. The number of H-pyrrole nitrogens is 1. The van der Waals surface area contributed by atoms with Crippen molar-refractivity contribution < 1.29 is 14.3 Å². The lowest BCUT2D eigenvalue weighted by Gasteiger charge is -2.21. The third-order valence-electron chi connectivity index (χ3n) is 3.33. The monoisotopic (exact) mass is 354 g/mol. The third-order valence-corrected chi connectivity index (χ3v) is 3.33. The van der Waals surface area contributed by atoms with Crippen molar-refractivity contribution in [2.45, 2.75) is 38.8 Å². The van der Waals surface area contributed by atoms with Gasteiger partial charge in [0, 0.05) is 12.6 Å². The summed E-state index contributed by atoms with van der Waals surface area (Å²) in [5.74, 6) is -0.832. The molecule has 22 heavy (non-hydrogen) atoms. The number of nitrogens with two attached hydrogens (primary N) is 1. The third kappa shape index (κ3) is 6.64. The summed E-state index contributed by atoms with van der Waals surface area (Å²) < 4.78 is 4.70. The molecule has 4 N–H and O–H groups in total. The molecule has 3 atom stereocenters. The van der Waals surface area contributed by atoms with Gasteiger partial charge in [0.05, 0.1) is 25.2 Å². The smallest absolute Gasteiger partial charge is 0.328 e. The molecule has 0 aliphatic carbocycles. The Hall–Kier alpha value is -1.31. The van der Waals surface area contributed by atoms with E-state index in [-0.39, 0.29) is 43.1 Å². The second kappa shape index (κ2) is 11.3. The quantitative estimate of drug-likeness (QED) is 0.628. The van der Waals surface area contributed by atoms with E-state index in [0.29, 0.717) is 5.69 Å². The topological polar surface area (TPSA) is 110 Å². The standard InChI is InChI=1S/C13H22N4O3.2ClH/c1-4-8(2)11(14)12(18)17-10(13(19)20-3)5-9-6-15-7-16-9;;/h6-8,10-11H,4-5,14H2,1-3H3,(H,15,16)(H,17,18);2*1H/t8?,10-,11-;;/m0../s1. The van der Waals surface area contributed by atoms with Crippen LogP contribution in [0, 0.1) is 5.92 Å². The Morgan fingerprint density at radius 1 is 1.45 bits per heavy atom. The Balaban J connectivity index is 0. The van der Waals surface area contributed by atoms with Crippen molar-refractivity contribution in [3.05, 3.63) is 18.2 Å². The zero-order valence-electron chi connectivity index (χ0n) is 12.9.